The minimum absolute atomic E-state index is 0.317. The zero-order chi connectivity index (χ0) is 18.2. The second-order valence-electron chi connectivity index (χ2n) is 6.14. The molecule has 0 bridgehead atoms. The van der Waals surface area contributed by atoms with E-state index in [4.69, 9.17) is 21.1 Å². The molecule has 2 aromatic rings. The van der Waals surface area contributed by atoms with Gasteiger partial charge >= 0.3 is 5.97 Å². The van der Waals surface area contributed by atoms with Crippen LogP contribution in [0.25, 0.3) is 0 Å². The number of benzene rings is 2. The molecule has 2 atom stereocenters. The normalized spacial score (nSPS) is 13.1. The summed E-state index contributed by atoms with van der Waals surface area (Å²) in [7, 11) is 0. The van der Waals surface area contributed by atoms with Gasteiger partial charge in [0, 0.05) is 5.92 Å². The van der Waals surface area contributed by atoms with E-state index >= 15 is 0 Å². The number of carbonyl (C=O) groups is 1. The molecule has 2 unspecified atom stereocenters. The highest BCUT2D eigenvalue weighted by molar-refractivity contribution is 6.30. The van der Waals surface area contributed by atoms with Gasteiger partial charge in [-0.25, -0.2) is 0 Å². The topological polar surface area (TPSA) is 35.5 Å². The van der Waals surface area contributed by atoms with Crippen LogP contribution in [0.5, 0.6) is 5.75 Å². The summed E-state index contributed by atoms with van der Waals surface area (Å²) in [6.07, 6.45) is 0.445. The molecule has 0 aliphatic rings. The van der Waals surface area contributed by atoms with Crippen LogP contribution >= 0.6 is 11.6 Å². The van der Waals surface area contributed by atoms with Crippen molar-refractivity contribution in [1.29, 1.82) is 0 Å². The average molecular weight is 361 g/mol. The first-order valence-corrected chi connectivity index (χ1v) is 9.02. The summed E-state index contributed by atoms with van der Waals surface area (Å²) in [5, 5.41) is -0.659. The molecule has 0 fully saturated rings. The smallest absolute Gasteiger partial charge is 0.324 e. The lowest BCUT2D eigenvalue weighted by Crippen LogP contribution is -2.20. The van der Waals surface area contributed by atoms with E-state index in [1.807, 2.05) is 30.3 Å². The summed E-state index contributed by atoms with van der Waals surface area (Å²) in [6, 6.07) is 16.1. The summed E-state index contributed by atoms with van der Waals surface area (Å²) < 4.78 is 10.8. The molecule has 0 aromatic heterocycles. The molecule has 0 N–H and O–H groups in total. The lowest BCUT2D eigenvalue weighted by molar-refractivity contribution is -0.142. The van der Waals surface area contributed by atoms with Crippen LogP contribution in [-0.4, -0.2) is 24.6 Å². The monoisotopic (exact) mass is 360 g/mol. The number of alkyl halides is 1. The molecular weight excluding hydrogens is 336 g/mol. The van der Waals surface area contributed by atoms with Crippen molar-refractivity contribution >= 4 is 17.6 Å². The Morgan fingerprint density at radius 1 is 1.12 bits per heavy atom. The lowest BCUT2D eigenvalue weighted by atomic mass is 9.97. The van der Waals surface area contributed by atoms with Crippen molar-refractivity contribution in [3.8, 4) is 5.75 Å². The van der Waals surface area contributed by atoms with Crippen LogP contribution in [0.4, 0.5) is 0 Å². The molecule has 0 aliphatic carbocycles. The Morgan fingerprint density at radius 3 is 2.44 bits per heavy atom. The van der Waals surface area contributed by atoms with Gasteiger partial charge in [-0.15, -0.1) is 11.6 Å². The lowest BCUT2D eigenvalue weighted by Gasteiger charge is -2.16. The van der Waals surface area contributed by atoms with E-state index in [2.05, 4.69) is 32.0 Å². The Bertz CT molecular complexity index is 682. The van der Waals surface area contributed by atoms with Crippen LogP contribution in [0.2, 0.25) is 0 Å². The first-order chi connectivity index (χ1) is 12.0. The van der Waals surface area contributed by atoms with Gasteiger partial charge in [-0.2, -0.15) is 0 Å². The van der Waals surface area contributed by atoms with Gasteiger partial charge in [-0.05, 0) is 49.1 Å². The summed E-state index contributed by atoms with van der Waals surface area (Å²) in [6.45, 7) is 7.01. The van der Waals surface area contributed by atoms with E-state index in [1.165, 1.54) is 11.1 Å². The van der Waals surface area contributed by atoms with Gasteiger partial charge in [0.1, 0.15) is 11.1 Å². The highest BCUT2D eigenvalue weighted by atomic mass is 35.5. The Hall–Kier alpha value is -2.00. The molecule has 0 heterocycles. The molecule has 0 radical (unpaired) electrons. The van der Waals surface area contributed by atoms with Crippen LogP contribution in [0.15, 0.2) is 48.5 Å². The molecule has 0 amide bonds. The van der Waals surface area contributed by atoms with Crippen molar-refractivity contribution < 1.29 is 14.3 Å². The zero-order valence-corrected chi connectivity index (χ0v) is 15.8. The van der Waals surface area contributed by atoms with Crippen LogP contribution in [0.1, 0.15) is 36.5 Å². The van der Waals surface area contributed by atoms with Crippen LogP contribution in [0.3, 0.4) is 0 Å². The minimum Gasteiger partial charge on any atom is -0.493 e. The first kappa shape index (κ1) is 19.3. The van der Waals surface area contributed by atoms with E-state index in [-0.39, 0.29) is 5.97 Å². The Morgan fingerprint density at radius 2 is 1.80 bits per heavy atom. The maximum atomic E-state index is 11.6. The highest BCUT2D eigenvalue weighted by Gasteiger charge is 2.17. The quantitative estimate of drug-likeness (QED) is 0.496. The maximum absolute atomic E-state index is 11.6. The third-order valence-electron chi connectivity index (χ3n) is 4.10. The van der Waals surface area contributed by atoms with Gasteiger partial charge in [-0.1, -0.05) is 43.3 Å². The third-order valence-corrected chi connectivity index (χ3v) is 4.43. The summed E-state index contributed by atoms with van der Waals surface area (Å²) in [4.78, 5) is 11.6. The molecule has 4 heteroatoms. The maximum Gasteiger partial charge on any atom is 0.324 e. The van der Waals surface area contributed by atoms with Gasteiger partial charge in [0.15, 0.2) is 0 Å². The van der Waals surface area contributed by atoms with Crippen LogP contribution in [0, 0.1) is 6.92 Å². The molecule has 0 spiro atoms. The predicted octanol–water partition coefficient (Wildman–Crippen LogP) is 4.89. The molecule has 0 saturated carbocycles. The molecule has 134 valence electrons. The number of esters is 1. The standard InChI is InChI=1S/C21H25ClO3/c1-4-24-21(23)20(22)13-17-9-11-18(12-10-17)25-14-16(3)19-8-6-5-7-15(19)2/h5-12,16,20H,4,13-14H2,1-3H3. The second kappa shape index (κ2) is 9.47. The van der Waals surface area contributed by atoms with Gasteiger partial charge in [0.25, 0.3) is 0 Å². The molecule has 0 saturated heterocycles. The minimum atomic E-state index is -0.659. The fourth-order valence-corrected chi connectivity index (χ4v) is 2.94. The molecular formula is C21H25ClO3. The number of aryl methyl sites for hydroxylation is 1. The fourth-order valence-electron chi connectivity index (χ4n) is 2.70. The van der Waals surface area contributed by atoms with Crippen molar-refractivity contribution in [2.45, 2.75) is 38.5 Å². The van der Waals surface area contributed by atoms with Gasteiger partial charge in [0.2, 0.25) is 0 Å². The van der Waals surface area contributed by atoms with Gasteiger partial charge in [0.05, 0.1) is 13.2 Å². The zero-order valence-electron chi connectivity index (χ0n) is 15.0. The third kappa shape index (κ3) is 5.79. The van der Waals surface area contributed by atoms with Gasteiger partial charge in [-0.3, -0.25) is 4.79 Å². The van der Waals surface area contributed by atoms with Crippen molar-refractivity contribution in [3.63, 3.8) is 0 Å². The summed E-state index contributed by atoms with van der Waals surface area (Å²) in [5.41, 5.74) is 3.56. The number of rotatable bonds is 8. The Balaban J connectivity index is 1.88. The van der Waals surface area contributed by atoms with E-state index in [0.29, 0.717) is 25.6 Å². The van der Waals surface area contributed by atoms with Gasteiger partial charge < -0.3 is 9.47 Å². The molecule has 25 heavy (non-hydrogen) atoms. The van der Waals surface area contributed by atoms with E-state index < -0.39 is 5.38 Å². The number of ether oxygens (including phenoxy) is 2. The molecule has 2 aromatic carbocycles. The average Bonchev–Trinajstić information content (AvgIpc) is 2.61. The Kier molecular flexibility index (Phi) is 7.32. The highest BCUT2D eigenvalue weighted by Crippen LogP contribution is 2.22. The number of halogens is 1. The first-order valence-electron chi connectivity index (χ1n) is 8.59. The van der Waals surface area contributed by atoms with Crippen LogP contribution < -0.4 is 4.74 Å². The number of hydrogen-bond acceptors (Lipinski definition) is 3. The van der Waals surface area contributed by atoms with Crippen LogP contribution in [-0.2, 0) is 16.0 Å². The van der Waals surface area contributed by atoms with Crippen molar-refractivity contribution in [1.82, 2.24) is 0 Å². The summed E-state index contributed by atoms with van der Waals surface area (Å²) in [5.74, 6) is 0.750. The predicted molar refractivity (Wildman–Crippen MR) is 102 cm³/mol. The second-order valence-corrected chi connectivity index (χ2v) is 6.66. The summed E-state index contributed by atoms with van der Waals surface area (Å²) >= 11 is 6.06. The van der Waals surface area contributed by atoms with Crippen molar-refractivity contribution in [3.05, 3.63) is 65.2 Å². The van der Waals surface area contributed by atoms with E-state index in [1.54, 1.807) is 6.92 Å². The SMILES string of the molecule is CCOC(=O)C(Cl)Cc1ccc(OCC(C)c2ccccc2C)cc1. The number of hydrogen-bond donors (Lipinski definition) is 0. The Labute approximate surface area is 154 Å². The van der Waals surface area contributed by atoms with E-state index in [9.17, 15) is 4.79 Å². The largest absolute Gasteiger partial charge is 0.493 e. The van der Waals surface area contributed by atoms with Crippen molar-refractivity contribution in [2.75, 3.05) is 13.2 Å². The molecule has 2 rings (SSSR count). The number of carbonyl (C=O) groups excluding carboxylic acids is 1. The van der Waals surface area contributed by atoms with Crippen molar-refractivity contribution in [2.24, 2.45) is 0 Å². The van der Waals surface area contributed by atoms with E-state index in [0.717, 1.165) is 11.3 Å². The molecule has 0 aliphatic heterocycles. The fraction of sp³-hybridized carbons (Fsp3) is 0.381. The molecule has 3 nitrogen and oxygen atoms in total.